The Kier molecular flexibility index (Phi) is 3.33. The number of carbonyl (C=O) groups is 1. The summed E-state index contributed by atoms with van der Waals surface area (Å²) in [5.74, 6) is 1.23. The van der Waals surface area contributed by atoms with Gasteiger partial charge in [-0.3, -0.25) is 9.78 Å². The Hall–Kier alpha value is -2.69. The fourth-order valence-corrected chi connectivity index (χ4v) is 4.30. The second-order valence-electron chi connectivity index (χ2n) is 7.08. The summed E-state index contributed by atoms with van der Waals surface area (Å²) in [6.45, 7) is 0.825. The molecule has 1 fully saturated rings. The lowest BCUT2D eigenvalue weighted by Crippen LogP contribution is -2.36. The fraction of sp³-hybridized carbons (Fsp3) is 0.350. The Labute approximate surface area is 146 Å². The number of likely N-dealkylation sites (tertiary alicyclic amines) is 1. The van der Waals surface area contributed by atoms with Crippen LogP contribution in [0.5, 0.6) is 0 Å². The molecule has 5 heteroatoms. The largest absolute Gasteiger partial charge is 0.340 e. The van der Waals surface area contributed by atoms with Gasteiger partial charge in [0, 0.05) is 24.9 Å². The van der Waals surface area contributed by atoms with E-state index in [0.29, 0.717) is 0 Å². The number of carbonyl (C=O) groups excluding carboxylic acids is 1. The molecule has 1 aromatic carbocycles. The quantitative estimate of drug-likeness (QED) is 0.784. The van der Waals surface area contributed by atoms with Crippen molar-refractivity contribution in [2.24, 2.45) is 5.92 Å². The maximum Gasteiger partial charge on any atom is 0.226 e. The predicted octanol–water partition coefficient (Wildman–Crippen LogP) is 3.04. The van der Waals surface area contributed by atoms with Crippen LogP contribution in [0.4, 0.5) is 0 Å². The van der Waals surface area contributed by atoms with Gasteiger partial charge in [0.05, 0.1) is 17.1 Å². The normalized spacial score (nSPS) is 22.5. The van der Waals surface area contributed by atoms with Crippen molar-refractivity contribution in [3.05, 3.63) is 59.7 Å². The molecule has 5 nitrogen and oxygen atoms in total. The molecule has 2 aliphatic rings. The number of imidazole rings is 1. The molecule has 1 N–H and O–H groups in total. The summed E-state index contributed by atoms with van der Waals surface area (Å²) in [6.07, 6.45) is 7.38. The number of fused-ring (bicyclic) bond motifs is 2. The number of benzene rings is 1. The first-order valence-corrected chi connectivity index (χ1v) is 8.96. The van der Waals surface area contributed by atoms with Crippen molar-refractivity contribution < 1.29 is 4.79 Å². The van der Waals surface area contributed by atoms with Gasteiger partial charge in [-0.1, -0.05) is 12.1 Å². The van der Waals surface area contributed by atoms with Gasteiger partial charge < -0.3 is 9.88 Å². The van der Waals surface area contributed by atoms with E-state index in [1.54, 1.807) is 0 Å². The maximum atomic E-state index is 13.2. The molecular weight excluding hydrogens is 312 g/mol. The van der Waals surface area contributed by atoms with Crippen LogP contribution in [0.2, 0.25) is 0 Å². The van der Waals surface area contributed by atoms with E-state index in [1.807, 2.05) is 47.6 Å². The van der Waals surface area contributed by atoms with Crippen molar-refractivity contribution in [3.63, 3.8) is 0 Å². The third-order valence-corrected chi connectivity index (χ3v) is 5.55. The van der Waals surface area contributed by atoms with Gasteiger partial charge in [0.15, 0.2) is 0 Å². The van der Waals surface area contributed by atoms with E-state index in [2.05, 4.69) is 9.97 Å². The number of para-hydroxylation sites is 2. The summed E-state index contributed by atoms with van der Waals surface area (Å²) in [5, 5.41) is 0. The Morgan fingerprint density at radius 3 is 2.92 bits per heavy atom. The number of nitrogens with one attached hydrogen (secondary N) is 1. The Bertz CT molecular complexity index is 890. The lowest BCUT2D eigenvalue weighted by atomic mass is 10.0. The molecule has 2 atom stereocenters. The van der Waals surface area contributed by atoms with Crippen LogP contribution in [-0.2, 0) is 17.6 Å². The monoisotopic (exact) mass is 332 g/mol. The minimum Gasteiger partial charge on any atom is -0.340 e. The molecular formula is C20H20N4O. The van der Waals surface area contributed by atoms with Crippen molar-refractivity contribution in [1.29, 1.82) is 0 Å². The number of hydrogen-bond donors (Lipinski definition) is 1. The Balaban J connectivity index is 1.40. The van der Waals surface area contributed by atoms with Crippen molar-refractivity contribution in [2.45, 2.75) is 31.7 Å². The summed E-state index contributed by atoms with van der Waals surface area (Å²) in [6, 6.07) is 10.2. The second-order valence-corrected chi connectivity index (χ2v) is 7.08. The lowest BCUT2D eigenvalue weighted by molar-refractivity contribution is -0.136. The summed E-state index contributed by atoms with van der Waals surface area (Å²) in [7, 11) is 0. The van der Waals surface area contributed by atoms with Crippen LogP contribution < -0.4 is 0 Å². The molecule has 1 amide bonds. The Morgan fingerprint density at radius 1 is 1.16 bits per heavy atom. The molecule has 0 saturated carbocycles. The minimum atomic E-state index is 0.0455. The van der Waals surface area contributed by atoms with Gasteiger partial charge >= 0.3 is 0 Å². The van der Waals surface area contributed by atoms with Crippen LogP contribution in [0, 0.1) is 5.92 Å². The second kappa shape index (κ2) is 5.69. The van der Waals surface area contributed by atoms with Crippen LogP contribution >= 0.6 is 0 Å². The highest BCUT2D eigenvalue weighted by molar-refractivity contribution is 5.81. The molecule has 1 aliphatic carbocycles. The third kappa shape index (κ3) is 2.42. The van der Waals surface area contributed by atoms with Crippen LogP contribution in [0.15, 0.2) is 42.7 Å². The standard InChI is InChI=1S/C20H20N4O/c25-20(14-10-13-7-8-21-12-15(13)11-14)24-9-3-6-18(24)19-22-16-4-1-2-5-17(16)23-19/h1-2,4-5,7-8,12,14,18H,3,6,9-11H2,(H,22,23). The number of nitrogens with zero attached hydrogens (tertiary/aromatic N) is 3. The topological polar surface area (TPSA) is 61.9 Å². The highest BCUT2D eigenvalue weighted by Crippen LogP contribution is 2.35. The summed E-state index contributed by atoms with van der Waals surface area (Å²) < 4.78 is 0. The van der Waals surface area contributed by atoms with E-state index in [0.717, 1.165) is 49.1 Å². The summed E-state index contributed by atoms with van der Waals surface area (Å²) >= 11 is 0. The van der Waals surface area contributed by atoms with E-state index in [9.17, 15) is 4.79 Å². The zero-order valence-corrected chi connectivity index (χ0v) is 14.0. The van der Waals surface area contributed by atoms with Gasteiger partial charge in [-0.05, 0) is 55.0 Å². The van der Waals surface area contributed by atoms with Crippen LogP contribution in [0.1, 0.15) is 35.8 Å². The number of aromatic amines is 1. The number of rotatable bonds is 2. The molecule has 3 aromatic rings. The van der Waals surface area contributed by atoms with Crippen molar-refractivity contribution in [2.75, 3.05) is 6.54 Å². The number of pyridine rings is 1. The first kappa shape index (κ1) is 14.6. The van der Waals surface area contributed by atoms with Crippen molar-refractivity contribution >= 4 is 16.9 Å². The first-order valence-electron chi connectivity index (χ1n) is 8.96. The van der Waals surface area contributed by atoms with Gasteiger partial charge in [-0.25, -0.2) is 4.98 Å². The minimum absolute atomic E-state index is 0.0455. The first-order chi connectivity index (χ1) is 12.3. The van der Waals surface area contributed by atoms with E-state index in [1.165, 1.54) is 11.1 Å². The zero-order valence-electron chi connectivity index (χ0n) is 14.0. The van der Waals surface area contributed by atoms with Gasteiger partial charge in [-0.2, -0.15) is 0 Å². The van der Waals surface area contributed by atoms with Gasteiger partial charge in [0.2, 0.25) is 5.91 Å². The molecule has 126 valence electrons. The van der Waals surface area contributed by atoms with Crippen LogP contribution in [0.3, 0.4) is 0 Å². The molecule has 0 radical (unpaired) electrons. The fourth-order valence-electron chi connectivity index (χ4n) is 4.30. The molecule has 25 heavy (non-hydrogen) atoms. The van der Waals surface area contributed by atoms with Crippen molar-refractivity contribution in [3.8, 4) is 0 Å². The molecule has 5 rings (SSSR count). The summed E-state index contributed by atoms with van der Waals surface area (Å²) in [5.41, 5.74) is 4.50. The van der Waals surface area contributed by atoms with Gasteiger partial charge in [0.1, 0.15) is 5.82 Å². The number of hydrogen-bond acceptors (Lipinski definition) is 3. The zero-order chi connectivity index (χ0) is 16.8. The van der Waals surface area contributed by atoms with Crippen molar-refractivity contribution in [1.82, 2.24) is 19.9 Å². The lowest BCUT2D eigenvalue weighted by Gasteiger charge is -2.26. The van der Waals surface area contributed by atoms with E-state index < -0.39 is 0 Å². The molecule has 1 saturated heterocycles. The molecule has 3 heterocycles. The molecule has 1 aliphatic heterocycles. The van der Waals surface area contributed by atoms with Gasteiger partial charge in [-0.15, -0.1) is 0 Å². The molecule has 2 aromatic heterocycles. The smallest absolute Gasteiger partial charge is 0.226 e. The number of amides is 1. The maximum absolute atomic E-state index is 13.2. The summed E-state index contributed by atoms with van der Waals surface area (Å²) in [4.78, 5) is 27.6. The molecule has 2 unspecified atom stereocenters. The van der Waals surface area contributed by atoms with E-state index >= 15 is 0 Å². The van der Waals surface area contributed by atoms with Gasteiger partial charge in [0.25, 0.3) is 0 Å². The highest BCUT2D eigenvalue weighted by atomic mass is 16.2. The number of aromatic nitrogens is 3. The third-order valence-electron chi connectivity index (χ3n) is 5.55. The van der Waals surface area contributed by atoms with E-state index in [-0.39, 0.29) is 17.9 Å². The van der Waals surface area contributed by atoms with E-state index in [4.69, 9.17) is 4.98 Å². The molecule has 0 spiro atoms. The predicted molar refractivity (Wildman–Crippen MR) is 94.9 cm³/mol. The highest BCUT2D eigenvalue weighted by Gasteiger charge is 2.37. The SMILES string of the molecule is O=C(C1Cc2ccncc2C1)N1CCCC1c1nc2ccccc2[nH]1. The Morgan fingerprint density at radius 2 is 2.04 bits per heavy atom. The van der Waals surface area contributed by atoms with Crippen LogP contribution in [0.25, 0.3) is 11.0 Å². The average Bonchev–Trinajstić information content (AvgIpc) is 3.36. The molecule has 0 bridgehead atoms. The average molecular weight is 332 g/mol. The van der Waals surface area contributed by atoms with Crippen LogP contribution in [-0.4, -0.2) is 32.3 Å². The number of H-pyrrole nitrogens is 1.